The number of aryl methyl sites for hydroxylation is 1. The lowest BCUT2D eigenvalue weighted by Crippen LogP contribution is -2.57. The minimum Gasteiger partial charge on any atom is -0.374 e. The Morgan fingerprint density at radius 2 is 1.69 bits per heavy atom. The minimum atomic E-state index is -5.89. The van der Waals surface area contributed by atoms with Crippen LogP contribution < -0.4 is 10.9 Å². The number of fused-ring (bicyclic) bond motifs is 2. The number of benzene rings is 1. The number of hydrogen-bond donors (Lipinski definition) is 3. The molecule has 2 saturated carbocycles. The van der Waals surface area contributed by atoms with Gasteiger partial charge in [0.1, 0.15) is 0 Å². The molecule has 0 unspecified atom stereocenters. The Labute approximate surface area is 233 Å². The number of halogens is 6. The lowest BCUT2D eigenvalue weighted by molar-refractivity contribution is -0.369. The SMILES string of the molecule is O=C(N[C@H]1CC2(C1)C[C@H](c1n[nH]c(=O)c3ccccc31)C2)c1cnn2cc(CCC(O)(C(F)(F)F)C(F)(F)F)ccc12. The van der Waals surface area contributed by atoms with Gasteiger partial charge in [0.2, 0.25) is 0 Å². The Kier molecular flexibility index (Phi) is 6.41. The fraction of sp³-hybridized carbons (Fsp3) is 0.429. The summed E-state index contributed by atoms with van der Waals surface area (Å²) in [5.74, 6) is -0.175. The van der Waals surface area contributed by atoms with Crippen LogP contribution in [0.25, 0.3) is 16.3 Å². The van der Waals surface area contributed by atoms with Gasteiger partial charge in [-0.15, -0.1) is 0 Å². The number of pyridine rings is 1. The smallest absolute Gasteiger partial charge is 0.374 e. The molecule has 1 aromatic carbocycles. The van der Waals surface area contributed by atoms with Gasteiger partial charge in [-0.1, -0.05) is 24.3 Å². The van der Waals surface area contributed by atoms with E-state index >= 15 is 0 Å². The highest BCUT2D eigenvalue weighted by Gasteiger charge is 2.69. The molecule has 3 N–H and O–H groups in total. The van der Waals surface area contributed by atoms with Crippen molar-refractivity contribution in [3.8, 4) is 0 Å². The first-order valence-electron chi connectivity index (χ1n) is 13.3. The first kappa shape index (κ1) is 28.2. The molecule has 6 rings (SSSR count). The van der Waals surface area contributed by atoms with Crippen molar-refractivity contribution in [3.05, 3.63) is 76.0 Å². The fourth-order valence-electron chi connectivity index (χ4n) is 6.43. The number of hydrogen-bond acceptors (Lipinski definition) is 5. The van der Waals surface area contributed by atoms with Gasteiger partial charge in [-0.25, -0.2) is 9.61 Å². The van der Waals surface area contributed by atoms with Crippen molar-refractivity contribution in [2.24, 2.45) is 5.41 Å². The lowest BCUT2D eigenvalue weighted by Gasteiger charge is -2.57. The number of carbonyl (C=O) groups excluding carboxylic acids is 1. The third-order valence-corrected chi connectivity index (χ3v) is 8.70. The van der Waals surface area contributed by atoms with Crippen molar-refractivity contribution in [1.82, 2.24) is 25.1 Å². The van der Waals surface area contributed by atoms with E-state index in [9.17, 15) is 41.0 Å². The van der Waals surface area contributed by atoms with Crippen LogP contribution in [0.2, 0.25) is 0 Å². The molecule has 0 saturated heterocycles. The Morgan fingerprint density at radius 3 is 2.36 bits per heavy atom. The average Bonchev–Trinajstić information content (AvgIpc) is 3.31. The molecule has 222 valence electrons. The number of aromatic nitrogens is 4. The number of rotatable bonds is 6. The van der Waals surface area contributed by atoms with E-state index in [4.69, 9.17) is 0 Å². The van der Waals surface area contributed by atoms with Crippen LogP contribution in [0.1, 0.15) is 59.6 Å². The van der Waals surface area contributed by atoms with Crippen molar-refractivity contribution < 1.29 is 36.2 Å². The van der Waals surface area contributed by atoms with Gasteiger partial charge in [0.05, 0.1) is 28.4 Å². The van der Waals surface area contributed by atoms with Crippen LogP contribution in [0.15, 0.2) is 53.6 Å². The van der Waals surface area contributed by atoms with Crippen LogP contribution in [0.5, 0.6) is 0 Å². The summed E-state index contributed by atoms with van der Waals surface area (Å²) in [6, 6.07) is 9.99. The summed E-state index contributed by atoms with van der Waals surface area (Å²) in [6.07, 6.45) is -8.25. The van der Waals surface area contributed by atoms with Gasteiger partial charge in [-0.2, -0.15) is 36.5 Å². The van der Waals surface area contributed by atoms with Crippen LogP contribution in [0.3, 0.4) is 0 Å². The first-order chi connectivity index (χ1) is 19.7. The zero-order chi connectivity index (χ0) is 30.1. The van der Waals surface area contributed by atoms with Gasteiger partial charge < -0.3 is 10.4 Å². The van der Waals surface area contributed by atoms with E-state index in [1.165, 1.54) is 29.0 Å². The summed E-state index contributed by atoms with van der Waals surface area (Å²) in [5.41, 5.74) is -3.47. The fourth-order valence-corrected chi connectivity index (χ4v) is 6.43. The second-order valence-electron chi connectivity index (χ2n) is 11.4. The number of alkyl halides is 6. The molecule has 1 spiro atoms. The number of carbonyl (C=O) groups is 1. The molecule has 0 atom stereocenters. The van der Waals surface area contributed by atoms with E-state index in [1.54, 1.807) is 6.07 Å². The molecule has 8 nitrogen and oxygen atoms in total. The molecule has 0 aliphatic heterocycles. The summed E-state index contributed by atoms with van der Waals surface area (Å²) in [6.45, 7) is 0. The van der Waals surface area contributed by atoms with Gasteiger partial charge in [0.25, 0.3) is 17.1 Å². The normalized spacial score (nSPS) is 22.7. The molecular formula is C28H25F6N5O3. The molecule has 2 fully saturated rings. The number of aliphatic hydroxyl groups is 1. The molecule has 3 aromatic heterocycles. The number of amides is 1. The topological polar surface area (TPSA) is 112 Å². The second kappa shape index (κ2) is 9.54. The lowest BCUT2D eigenvalue weighted by atomic mass is 9.49. The van der Waals surface area contributed by atoms with E-state index in [0.29, 0.717) is 10.9 Å². The maximum atomic E-state index is 13.0. The van der Waals surface area contributed by atoms with Crippen LogP contribution in [-0.2, 0) is 6.42 Å². The third kappa shape index (κ3) is 4.61. The van der Waals surface area contributed by atoms with Gasteiger partial charge >= 0.3 is 12.4 Å². The molecule has 4 aromatic rings. The Balaban J connectivity index is 1.06. The Hall–Kier alpha value is -3.94. The number of nitrogens with zero attached hydrogens (tertiary/aromatic N) is 3. The predicted octanol–water partition coefficient (Wildman–Crippen LogP) is 4.82. The van der Waals surface area contributed by atoms with E-state index in [2.05, 4.69) is 20.6 Å². The average molecular weight is 594 g/mol. The quantitative estimate of drug-likeness (QED) is 0.278. The van der Waals surface area contributed by atoms with Gasteiger partial charge in [0.15, 0.2) is 0 Å². The summed E-state index contributed by atoms with van der Waals surface area (Å²) >= 11 is 0. The highest BCUT2D eigenvalue weighted by Crippen LogP contribution is 2.62. The number of H-pyrrole nitrogens is 1. The molecule has 2 aliphatic rings. The third-order valence-electron chi connectivity index (χ3n) is 8.70. The maximum absolute atomic E-state index is 13.0. The molecule has 0 radical (unpaired) electrons. The highest BCUT2D eigenvalue weighted by atomic mass is 19.4. The molecular weight excluding hydrogens is 568 g/mol. The molecule has 0 bridgehead atoms. The maximum Gasteiger partial charge on any atom is 0.426 e. The van der Waals surface area contributed by atoms with Crippen LogP contribution in [0, 0.1) is 5.41 Å². The molecule has 42 heavy (non-hydrogen) atoms. The first-order valence-corrected chi connectivity index (χ1v) is 13.3. The zero-order valence-electron chi connectivity index (χ0n) is 21.9. The summed E-state index contributed by atoms with van der Waals surface area (Å²) in [7, 11) is 0. The predicted molar refractivity (Wildman–Crippen MR) is 138 cm³/mol. The van der Waals surface area contributed by atoms with Gasteiger partial charge in [0, 0.05) is 23.5 Å². The zero-order valence-corrected chi connectivity index (χ0v) is 21.9. The van der Waals surface area contributed by atoms with E-state index in [1.807, 2.05) is 18.2 Å². The monoisotopic (exact) mass is 593 g/mol. The minimum absolute atomic E-state index is 0.0598. The van der Waals surface area contributed by atoms with E-state index in [-0.39, 0.29) is 40.0 Å². The summed E-state index contributed by atoms with van der Waals surface area (Å²) < 4.78 is 79.1. The van der Waals surface area contributed by atoms with Crippen molar-refractivity contribution in [1.29, 1.82) is 0 Å². The summed E-state index contributed by atoms with van der Waals surface area (Å²) in [4.78, 5) is 25.1. The standard InChI is InChI=1S/C28H25F6N5O3/c29-27(30,31)26(42,28(32,33)34)8-7-15-5-6-21-20(13-35-39(21)14-15)23(40)36-17-11-25(12-17)9-16(10-25)22-18-3-1-2-4-19(18)24(41)38-37-22/h1-6,13-14,16-17,42H,7-12H2,(H,36,40)(H,38,41)/t16-,17-,25?. The van der Waals surface area contributed by atoms with Crippen LogP contribution in [0.4, 0.5) is 26.3 Å². The second-order valence-corrected chi connectivity index (χ2v) is 11.4. The molecule has 2 aliphatic carbocycles. The number of nitrogens with one attached hydrogen (secondary N) is 2. The van der Waals surface area contributed by atoms with Crippen molar-refractivity contribution >= 4 is 22.2 Å². The van der Waals surface area contributed by atoms with Crippen LogP contribution in [-0.4, -0.2) is 54.8 Å². The van der Waals surface area contributed by atoms with Crippen molar-refractivity contribution in [2.75, 3.05) is 0 Å². The van der Waals surface area contributed by atoms with E-state index < -0.39 is 30.8 Å². The van der Waals surface area contributed by atoms with Gasteiger partial charge in [-0.3, -0.25) is 9.59 Å². The molecule has 1 amide bonds. The van der Waals surface area contributed by atoms with Crippen molar-refractivity contribution in [2.45, 2.75) is 68.4 Å². The Morgan fingerprint density at radius 1 is 1.02 bits per heavy atom. The summed E-state index contributed by atoms with van der Waals surface area (Å²) in [5, 5.41) is 24.7. The van der Waals surface area contributed by atoms with Gasteiger partial charge in [-0.05, 0) is 61.6 Å². The van der Waals surface area contributed by atoms with E-state index in [0.717, 1.165) is 36.8 Å². The Bertz CT molecular complexity index is 1720. The molecule has 3 heterocycles. The van der Waals surface area contributed by atoms with Crippen molar-refractivity contribution in [3.63, 3.8) is 0 Å². The van der Waals surface area contributed by atoms with Crippen LogP contribution >= 0.6 is 0 Å². The number of aromatic amines is 1. The highest BCUT2D eigenvalue weighted by molar-refractivity contribution is 6.00. The molecule has 14 heteroatoms. The largest absolute Gasteiger partial charge is 0.426 e.